The topological polar surface area (TPSA) is 56.5 Å². The number of nitriles is 1. The van der Waals surface area contributed by atoms with E-state index in [1.165, 1.54) is 6.07 Å². The molecule has 108 valence electrons. The average Bonchev–Trinajstić information content (AvgIpc) is 2.45. The number of aliphatic hydroxyl groups excluding tert-OH is 1. The summed E-state index contributed by atoms with van der Waals surface area (Å²) in [5.74, 6) is 0. The Hall–Kier alpha value is -1.78. The van der Waals surface area contributed by atoms with Crippen molar-refractivity contribution < 1.29 is 23.0 Å². The summed E-state index contributed by atoms with van der Waals surface area (Å²) in [5.41, 5.74) is -0.519. The lowest BCUT2D eigenvalue weighted by atomic mass is 10.1. The quantitative estimate of drug-likeness (QED) is 0.900. The Kier molecular flexibility index (Phi) is 4.16. The van der Waals surface area contributed by atoms with Crippen LogP contribution in [0.3, 0.4) is 0 Å². The van der Waals surface area contributed by atoms with Crippen LogP contribution >= 0.6 is 0 Å². The van der Waals surface area contributed by atoms with E-state index in [1.807, 2.05) is 0 Å². The third kappa shape index (κ3) is 2.86. The van der Waals surface area contributed by atoms with Crippen molar-refractivity contribution in [2.24, 2.45) is 0 Å². The number of benzene rings is 1. The van der Waals surface area contributed by atoms with Crippen LogP contribution < -0.4 is 4.90 Å². The van der Waals surface area contributed by atoms with Crippen molar-refractivity contribution in [3.8, 4) is 6.07 Å². The monoisotopic (exact) mass is 286 g/mol. The number of rotatable bonds is 2. The van der Waals surface area contributed by atoms with Crippen LogP contribution in [0, 0.1) is 11.3 Å². The summed E-state index contributed by atoms with van der Waals surface area (Å²) in [6, 6.07) is 4.48. The van der Waals surface area contributed by atoms with Crippen LogP contribution in [0.4, 0.5) is 18.9 Å². The maximum absolute atomic E-state index is 12.6. The minimum atomic E-state index is -4.48. The highest BCUT2D eigenvalue weighted by atomic mass is 19.4. The third-order valence-electron chi connectivity index (χ3n) is 3.19. The number of anilines is 1. The van der Waals surface area contributed by atoms with Crippen LogP contribution in [0.15, 0.2) is 18.2 Å². The van der Waals surface area contributed by atoms with Gasteiger partial charge in [0, 0.05) is 6.54 Å². The van der Waals surface area contributed by atoms with Gasteiger partial charge in [-0.3, -0.25) is 0 Å². The number of hydrogen-bond donors (Lipinski definition) is 1. The standard InChI is InChI=1S/C13H13F3N2O2/c14-13(15,16)10-1-2-12(9(5-10)6-17)18-3-4-20-8-11(18)7-19/h1-2,5,11,19H,3-4,7-8H2. The molecule has 7 heteroatoms. The minimum absolute atomic E-state index is 0.0554. The smallest absolute Gasteiger partial charge is 0.394 e. The lowest BCUT2D eigenvalue weighted by Gasteiger charge is -2.36. The summed E-state index contributed by atoms with van der Waals surface area (Å²) in [6.07, 6.45) is -4.48. The molecular formula is C13H13F3N2O2. The number of nitrogens with zero attached hydrogens (tertiary/aromatic N) is 2. The van der Waals surface area contributed by atoms with Gasteiger partial charge >= 0.3 is 6.18 Å². The van der Waals surface area contributed by atoms with Crippen LogP contribution in [0.25, 0.3) is 0 Å². The van der Waals surface area contributed by atoms with Gasteiger partial charge in [0.15, 0.2) is 0 Å². The van der Waals surface area contributed by atoms with Gasteiger partial charge in [0.25, 0.3) is 0 Å². The molecule has 1 aliphatic rings. The molecule has 0 bridgehead atoms. The van der Waals surface area contributed by atoms with Gasteiger partial charge in [-0.05, 0) is 18.2 Å². The van der Waals surface area contributed by atoms with E-state index in [0.717, 1.165) is 12.1 Å². The molecule has 1 aromatic rings. The fourth-order valence-electron chi connectivity index (χ4n) is 2.18. The zero-order valence-electron chi connectivity index (χ0n) is 10.5. The second kappa shape index (κ2) is 5.69. The predicted molar refractivity (Wildman–Crippen MR) is 65.2 cm³/mol. The Morgan fingerprint density at radius 3 is 2.80 bits per heavy atom. The molecule has 1 aromatic carbocycles. The number of hydrogen-bond acceptors (Lipinski definition) is 4. The first-order chi connectivity index (χ1) is 9.47. The van der Waals surface area contributed by atoms with Crippen molar-refractivity contribution in [1.29, 1.82) is 5.26 Å². The molecular weight excluding hydrogens is 273 g/mol. The predicted octanol–water partition coefficient (Wildman–Crippen LogP) is 1.77. The van der Waals surface area contributed by atoms with Crippen LogP contribution in [0.5, 0.6) is 0 Å². The molecule has 4 nitrogen and oxygen atoms in total. The molecule has 1 N–H and O–H groups in total. The summed E-state index contributed by atoms with van der Waals surface area (Å²) in [6.45, 7) is 0.919. The van der Waals surface area contributed by atoms with Crippen LogP contribution in [0.1, 0.15) is 11.1 Å². The molecule has 1 heterocycles. The van der Waals surface area contributed by atoms with Gasteiger partial charge in [0.2, 0.25) is 0 Å². The first kappa shape index (κ1) is 14.6. The van der Waals surface area contributed by atoms with Gasteiger partial charge in [0.1, 0.15) is 6.07 Å². The SMILES string of the molecule is N#Cc1cc(C(F)(F)F)ccc1N1CCOCC1CO. The second-order valence-corrected chi connectivity index (χ2v) is 4.45. The molecule has 1 unspecified atom stereocenters. The van der Waals surface area contributed by atoms with E-state index in [-0.39, 0.29) is 24.8 Å². The van der Waals surface area contributed by atoms with Crippen molar-refractivity contribution in [3.05, 3.63) is 29.3 Å². The minimum Gasteiger partial charge on any atom is -0.394 e. The number of halogens is 3. The zero-order chi connectivity index (χ0) is 14.8. The fraction of sp³-hybridized carbons (Fsp3) is 0.462. The van der Waals surface area contributed by atoms with E-state index in [4.69, 9.17) is 10.00 Å². The average molecular weight is 286 g/mol. The summed E-state index contributed by atoms with van der Waals surface area (Å²) in [5, 5.41) is 18.3. The molecule has 1 saturated heterocycles. The Bertz CT molecular complexity index is 525. The molecule has 1 fully saturated rings. The molecule has 0 aliphatic carbocycles. The number of ether oxygens (including phenoxy) is 1. The van der Waals surface area contributed by atoms with Crippen molar-refractivity contribution >= 4 is 5.69 Å². The molecule has 0 aromatic heterocycles. The van der Waals surface area contributed by atoms with Crippen molar-refractivity contribution in [3.63, 3.8) is 0 Å². The molecule has 0 saturated carbocycles. The van der Waals surface area contributed by atoms with E-state index in [2.05, 4.69) is 0 Å². The molecule has 0 spiro atoms. The summed E-state index contributed by atoms with van der Waals surface area (Å²) in [4.78, 5) is 1.71. The molecule has 2 rings (SSSR count). The molecule has 0 radical (unpaired) electrons. The van der Waals surface area contributed by atoms with Crippen molar-refractivity contribution in [1.82, 2.24) is 0 Å². The second-order valence-electron chi connectivity index (χ2n) is 4.45. The highest BCUT2D eigenvalue weighted by molar-refractivity contribution is 5.61. The Labute approximate surface area is 114 Å². The third-order valence-corrected chi connectivity index (χ3v) is 3.19. The summed E-state index contributed by atoms with van der Waals surface area (Å²) >= 11 is 0. The summed E-state index contributed by atoms with van der Waals surface area (Å²) < 4.78 is 43.1. The van der Waals surface area contributed by atoms with Crippen molar-refractivity contribution in [2.45, 2.75) is 12.2 Å². The largest absolute Gasteiger partial charge is 0.416 e. The number of alkyl halides is 3. The van der Waals surface area contributed by atoms with Gasteiger partial charge in [-0.25, -0.2) is 0 Å². The Morgan fingerprint density at radius 1 is 1.45 bits per heavy atom. The first-order valence-electron chi connectivity index (χ1n) is 6.04. The molecule has 0 amide bonds. The van der Waals surface area contributed by atoms with Gasteiger partial charge < -0.3 is 14.7 Å². The normalized spacial score (nSPS) is 19.8. The van der Waals surface area contributed by atoms with E-state index in [9.17, 15) is 18.3 Å². The molecule has 20 heavy (non-hydrogen) atoms. The van der Waals surface area contributed by atoms with E-state index in [0.29, 0.717) is 18.8 Å². The Balaban J connectivity index is 2.39. The summed E-state index contributed by atoms with van der Waals surface area (Å²) in [7, 11) is 0. The maximum atomic E-state index is 12.6. The van der Waals surface area contributed by atoms with Gasteiger partial charge in [-0.15, -0.1) is 0 Å². The lowest BCUT2D eigenvalue weighted by molar-refractivity contribution is -0.137. The van der Waals surface area contributed by atoms with Crippen LogP contribution in [0.2, 0.25) is 0 Å². The van der Waals surface area contributed by atoms with E-state index in [1.54, 1.807) is 11.0 Å². The molecule has 1 atom stereocenters. The first-order valence-corrected chi connectivity index (χ1v) is 6.04. The highest BCUT2D eigenvalue weighted by Crippen LogP contribution is 2.33. The fourth-order valence-corrected chi connectivity index (χ4v) is 2.18. The van der Waals surface area contributed by atoms with Crippen molar-refractivity contribution in [2.75, 3.05) is 31.3 Å². The van der Waals surface area contributed by atoms with Gasteiger partial charge in [0.05, 0.1) is 42.7 Å². The van der Waals surface area contributed by atoms with E-state index >= 15 is 0 Å². The van der Waals surface area contributed by atoms with Gasteiger partial charge in [-0.2, -0.15) is 18.4 Å². The van der Waals surface area contributed by atoms with Gasteiger partial charge in [-0.1, -0.05) is 0 Å². The number of aliphatic hydroxyl groups is 1. The van der Waals surface area contributed by atoms with E-state index < -0.39 is 11.7 Å². The van der Waals surface area contributed by atoms with Crippen LogP contribution in [-0.2, 0) is 10.9 Å². The van der Waals surface area contributed by atoms with Crippen LogP contribution in [-0.4, -0.2) is 37.5 Å². The Morgan fingerprint density at radius 2 is 2.20 bits per heavy atom. The molecule has 1 aliphatic heterocycles. The number of morpholine rings is 1. The maximum Gasteiger partial charge on any atom is 0.416 e. The lowest BCUT2D eigenvalue weighted by Crippen LogP contribution is -2.48. The highest BCUT2D eigenvalue weighted by Gasteiger charge is 2.32. The zero-order valence-corrected chi connectivity index (χ0v) is 10.5.